The standard InChI is InChI=1S/C35H46O16/c1-8-15(2)25(37)49-18-12-19(48-16(3)36)32(27(38)42-5)13-46-21-22(32)31(18)14-47-35(44-7,28(39)43-6)26(31)30(4)24(21)51-23-17-11-20(34(23,30)41)50-29-33(17,40)9-10-45-29/h9-10,15,17-24,26,29,40-41H,8,11-14H2,1-7H3/t15?,17?,18-,19+,20+,21+,22+,23+,24+,26-,29-,30+,31-,32-,33-,34+,35-/m0/s1. The second-order valence-electron chi connectivity index (χ2n) is 15.8. The molecular formula is C35H46O16. The van der Waals surface area contributed by atoms with E-state index in [9.17, 15) is 29.4 Å². The van der Waals surface area contributed by atoms with Gasteiger partial charge in [0.25, 0.3) is 5.79 Å². The maximum atomic E-state index is 14.3. The van der Waals surface area contributed by atoms with Crippen LogP contribution in [0, 0.1) is 39.9 Å². The minimum atomic E-state index is -2.25. The zero-order valence-corrected chi connectivity index (χ0v) is 29.7. The van der Waals surface area contributed by atoms with E-state index < -0.39 is 124 Å². The first-order chi connectivity index (χ1) is 24.1. The van der Waals surface area contributed by atoms with Crippen molar-refractivity contribution >= 4 is 23.9 Å². The van der Waals surface area contributed by atoms with Crippen molar-refractivity contribution in [2.45, 2.75) is 107 Å². The molecule has 4 saturated heterocycles. The summed E-state index contributed by atoms with van der Waals surface area (Å²) in [6.07, 6.45) is -4.49. The van der Waals surface area contributed by atoms with Gasteiger partial charge in [-0.25, -0.2) is 4.79 Å². The van der Waals surface area contributed by atoms with E-state index in [0.717, 1.165) is 0 Å². The van der Waals surface area contributed by atoms with Gasteiger partial charge in [-0.3, -0.25) is 14.4 Å². The number of carbonyl (C=O) groups excluding carboxylic acids is 4. The average molecular weight is 723 g/mol. The van der Waals surface area contributed by atoms with Crippen LogP contribution in [0.1, 0.15) is 47.0 Å². The second-order valence-corrected chi connectivity index (χ2v) is 15.8. The zero-order valence-electron chi connectivity index (χ0n) is 29.7. The van der Waals surface area contributed by atoms with E-state index in [0.29, 0.717) is 6.42 Å². The maximum Gasteiger partial charge on any atom is 0.366 e. The molecule has 0 amide bonds. The van der Waals surface area contributed by atoms with Crippen molar-refractivity contribution in [3.8, 4) is 0 Å². The van der Waals surface area contributed by atoms with Crippen molar-refractivity contribution in [2.24, 2.45) is 39.9 Å². The van der Waals surface area contributed by atoms with Gasteiger partial charge in [0.2, 0.25) is 6.29 Å². The molecule has 2 unspecified atom stereocenters. The molecule has 8 aliphatic rings. The fraction of sp³-hybridized carbons (Fsp3) is 0.829. The van der Waals surface area contributed by atoms with Crippen LogP contribution in [0.15, 0.2) is 12.3 Å². The van der Waals surface area contributed by atoms with Crippen LogP contribution >= 0.6 is 0 Å². The molecule has 2 bridgehead atoms. The van der Waals surface area contributed by atoms with Crippen molar-refractivity contribution in [3.63, 3.8) is 0 Å². The highest BCUT2D eigenvalue weighted by Gasteiger charge is 2.93. The summed E-state index contributed by atoms with van der Waals surface area (Å²) in [6, 6.07) is 0. The van der Waals surface area contributed by atoms with Gasteiger partial charge in [-0.1, -0.05) is 20.8 Å². The predicted molar refractivity (Wildman–Crippen MR) is 164 cm³/mol. The van der Waals surface area contributed by atoms with Crippen LogP contribution in [0.2, 0.25) is 0 Å². The maximum absolute atomic E-state index is 14.3. The predicted octanol–water partition coefficient (Wildman–Crippen LogP) is 0.141. The molecule has 3 saturated carbocycles. The van der Waals surface area contributed by atoms with Gasteiger partial charge in [-0.15, -0.1) is 0 Å². The number of carbonyl (C=O) groups is 4. The Morgan fingerprint density at radius 3 is 2.33 bits per heavy atom. The van der Waals surface area contributed by atoms with E-state index in [1.165, 1.54) is 40.6 Å². The number of hydrogen-bond donors (Lipinski definition) is 2. The van der Waals surface area contributed by atoms with Crippen molar-refractivity contribution in [2.75, 3.05) is 34.5 Å². The number of fused-ring (bicyclic) bond motifs is 11. The number of ether oxygens (including phenoxy) is 10. The summed E-state index contributed by atoms with van der Waals surface area (Å²) in [5.41, 5.74) is -8.49. The Morgan fingerprint density at radius 1 is 0.961 bits per heavy atom. The monoisotopic (exact) mass is 722 g/mol. The van der Waals surface area contributed by atoms with Gasteiger partial charge in [0.05, 0.1) is 64.0 Å². The summed E-state index contributed by atoms with van der Waals surface area (Å²) < 4.78 is 61.2. The first kappa shape index (κ1) is 35.2. The molecule has 16 heteroatoms. The highest BCUT2D eigenvalue weighted by molar-refractivity contribution is 5.82. The summed E-state index contributed by atoms with van der Waals surface area (Å²) in [7, 11) is 3.66. The molecule has 17 atom stereocenters. The average Bonchev–Trinajstić information content (AvgIpc) is 3.89. The molecule has 16 nitrogen and oxygen atoms in total. The molecule has 0 radical (unpaired) electrons. The largest absolute Gasteiger partial charge is 0.469 e. The molecule has 5 heterocycles. The summed E-state index contributed by atoms with van der Waals surface area (Å²) in [5, 5.41) is 25.3. The van der Waals surface area contributed by atoms with Crippen LogP contribution in [0.3, 0.4) is 0 Å². The number of hydrogen-bond acceptors (Lipinski definition) is 16. The lowest BCUT2D eigenvalue weighted by molar-refractivity contribution is -0.318. The quantitative estimate of drug-likeness (QED) is 0.265. The number of rotatable bonds is 7. The van der Waals surface area contributed by atoms with E-state index in [2.05, 4.69) is 0 Å². The molecule has 282 valence electrons. The van der Waals surface area contributed by atoms with E-state index in [4.69, 9.17) is 47.4 Å². The van der Waals surface area contributed by atoms with Crippen LogP contribution in [0.4, 0.5) is 0 Å². The number of esters is 4. The van der Waals surface area contributed by atoms with Crippen molar-refractivity contribution in [1.82, 2.24) is 0 Å². The lowest BCUT2D eigenvalue weighted by Gasteiger charge is -2.65. The summed E-state index contributed by atoms with van der Waals surface area (Å²) >= 11 is 0. The van der Waals surface area contributed by atoms with Gasteiger partial charge in [-0.2, -0.15) is 0 Å². The molecule has 2 N–H and O–H groups in total. The van der Waals surface area contributed by atoms with E-state index in [-0.39, 0.29) is 26.1 Å². The molecular weight excluding hydrogens is 676 g/mol. The van der Waals surface area contributed by atoms with Gasteiger partial charge in [0, 0.05) is 49.0 Å². The fourth-order valence-corrected chi connectivity index (χ4v) is 12.0. The van der Waals surface area contributed by atoms with Crippen LogP contribution in [-0.4, -0.2) is 129 Å². The Bertz CT molecular complexity index is 1570. The Hall–Kier alpha value is -2.86. The van der Waals surface area contributed by atoms with Gasteiger partial charge >= 0.3 is 23.9 Å². The van der Waals surface area contributed by atoms with E-state index in [1.54, 1.807) is 13.8 Å². The molecule has 0 aromatic heterocycles. The minimum absolute atomic E-state index is 0.172. The van der Waals surface area contributed by atoms with Crippen LogP contribution in [0.5, 0.6) is 0 Å². The summed E-state index contributed by atoms with van der Waals surface area (Å²) in [6.45, 7) is 5.88. The SMILES string of the molecule is CCC(C)C(=O)O[C@H]1C[C@@H](OC(C)=O)[C@@]2(C(=O)OC)CO[C@H]3[C@H]4O[C@@H]5C6C[C@@H](O[C@@H]7OC=C[C@]67O)[C@]5(O)[C@@]4(C)[C@@H]4[C@@](OC)(C(=O)OC)OC[C@@]14[C@@H]32. The van der Waals surface area contributed by atoms with Crippen molar-refractivity contribution in [1.29, 1.82) is 0 Å². The van der Waals surface area contributed by atoms with Gasteiger partial charge in [0.1, 0.15) is 23.2 Å². The van der Waals surface area contributed by atoms with Crippen LogP contribution < -0.4 is 0 Å². The van der Waals surface area contributed by atoms with E-state index >= 15 is 0 Å². The van der Waals surface area contributed by atoms with Crippen molar-refractivity contribution < 1.29 is 76.8 Å². The highest BCUT2D eigenvalue weighted by atomic mass is 16.7. The van der Waals surface area contributed by atoms with Crippen LogP contribution in [0.25, 0.3) is 0 Å². The lowest BCUT2D eigenvalue weighted by atomic mass is 9.37. The molecule has 8 rings (SSSR count). The minimum Gasteiger partial charge on any atom is -0.469 e. The zero-order chi connectivity index (χ0) is 36.7. The second kappa shape index (κ2) is 11.1. The first-order valence-corrected chi connectivity index (χ1v) is 17.6. The molecule has 5 aliphatic heterocycles. The molecule has 0 aromatic rings. The first-order valence-electron chi connectivity index (χ1n) is 17.6. The third kappa shape index (κ3) is 3.79. The molecule has 3 aliphatic carbocycles. The Kier molecular flexibility index (Phi) is 7.65. The highest BCUT2D eigenvalue weighted by Crippen LogP contribution is 2.79. The third-order valence-electron chi connectivity index (χ3n) is 14.2. The topological polar surface area (TPSA) is 201 Å². The Labute approximate surface area is 294 Å². The number of methoxy groups -OCH3 is 3. The fourth-order valence-electron chi connectivity index (χ4n) is 12.0. The van der Waals surface area contributed by atoms with E-state index in [1.807, 2.05) is 6.92 Å². The molecule has 0 aromatic carbocycles. The lowest BCUT2D eigenvalue weighted by Crippen LogP contribution is -2.79. The normalized spacial score (nSPS) is 52.7. The Morgan fingerprint density at radius 2 is 1.69 bits per heavy atom. The molecule has 51 heavy (non-hydrogen) atoms. The molecule has 7 fully saturated rings. The number of aliphatic hydroxyl groups is 2. The molecule has 1 spiro atoms. The summed E-state index contributed by atoms with van der Waals surface area (Å²) in [4.78, 5) is 55.0. The van der Waals surface area contributed by atoms with Gasteiger partial charge in [-0.05, 0) is 18.9 Å². The Balaban J connectivity index is 1.41. The van der Waals surface area contributed by atoms with Crippen LogP contribution in [-0.2, 0) is 66.5 Å². The van der Waals surface area contributed by atoms with Gasteiger partial charge in [0.15, 0.2) is 5.60 Å². The summed E-state index contributed by atoms with van der Waals surface area (Å²) in [5.74, 6) is -8.79. The third-order valence-corrected chi connectivity index (χ3v) is 14.2. The van der Waals surface area contributed by atoms with Gasteiger partial charge < -0.3 is 57.6 Å². The smallest absolute Gasteiger partial charge is 0.366 e. The van der Waals surface area contributed by atoms with Crippen molar-refractivity contribution in [3.05, 3.63) is 12.3 Å².